The number of aromatic nitrogens is 1. The Balaban J connectivity index is 1.41. The van der Waals surface area contributed by atoms with E-state index in [2.05, 4.69) is 9.88 Å². The van der Waals surface area contributed by atoms with Crippen molar-refractivity contribution in [2.75, 3.05) is 45.8 Å². The molecule has 0 spiro atoms. The molecule has 29 heavy (non-hydrogen) atoms. The second-order valence-electron chi connectivity index (χ2n) is 8.34. The number of aryl methyl sites for hydroxylation is 2. The maximum atomic E-state index is 13.3. The first-order valence-corrected chi connectivity index (χ1v) is 10.7. The molecule has 0 atom stereocenters. The molecule has 1 aromatic heterocycles. The Morgan fingerprint density at radius 3 is 2.34 bits per heavy atom. The minimum Gasteiger partial charge on any atom is -0.342 e. The first-order chi connectivity index (χ1) is 14.0. The van der Waals surface area contributed by atoms with Crippen molar-refractivity contribution in [1.29, 1.82) is 0 Å². The molecule has 154 valence electrons. The van der Waals surface area contributed by atoms with E-state index in [1.165, 1.54) is 6.42 Å². The van der Waals surface area contributed by atoms with Crippen LogP contribution in [0.3, 0.4) is 0 Å². The van der Waals surface area contributed by atoms with E-state index < -0.39 is 0 Å². The van der Waals surface area contributed by atoms with E-state index in [1.807, 2.05) is 47.9 Å². The summed E-state index contributed by atoms with van der Waals surface area (Å²) in [7, 11) is 0. The van der Waals surface area contributed by atoms with Crippen molar-refractivity contribution in [2.24, 2.45) is 0 Å². The summed E-state index contributed by atoms with van der Waals surface area (Å²) in [5.41, 5.74) is 3.58. The highest BCUT2D eigenvalue weighted by Gasteiger charge is 2.26. The molecule has 2 fully saturated rings. The molecule has 4 rings (SSSR count). The van der Waals surface area contributed by atoms with E-state index in [0.717, 1.165) is 66.7 Å². The van der Waals surface area contributed by atoms with E-state index in [1.54, 1.807) is 0 Å². The van der Waals surface area contributed by atoms with Gasteiger partial charge in [-0.2, -0.15) is 0 Å². The quantitative estimate of drug-likeness (QED) is 0.803. The van der Waals surface area contributed by atoms with Crippen molar-refractivity contribution >= 4 is 22.7 Å². The van der Waals surface area contributed by atoms with E-state index >= 15 is 0 Å². The molecule has 2 aliphatic heterocycles. The van der Waals surface area contributed by atoms with Gasteiger partial charge >= 0.3 is 0 Å². The number of piperazine rings is 1. The molecule has 3 heterocycles. The lowest BCUT2D eigenvalue weighted by Gasteiger charge is -2.36. The first-order valence-electron chi connectivity index (χ1n) is 10.7. The molecule has 0 unspecified atom stereocenters. The molecule has 0 aliphatic carbocycles. The Kier molecular flexibility index (Phi) is 5.81. The minimum atomic E-state index is 0.0631. The molecule has 1 aromatic carbocycles. The molecule has 0 N–H and O–H groups in total. The number of piperidine rings is 1. The van der Waals surface area contributed by atoms with Gasteiger partial charge in [-0.15, -0.1) is 0 Å². The van der Waals surface area contributed by atoms with Crippen molar-refractivity contribution < 1.29 is 9.59 Å². The maximum Gasteiger partial charge on any atom is 0.254 e. The van der Waals surface area contributed by atoms with Gasteiger partial charge < -0.3 is 9.80 Å². The van der Waals surface area contributed by atoms with Crippen LogP contribution in [-0.2, 0) is 4.79 Å². The average molecular weight is 395 g/mol. The van der Waals surface area contributed by atoms with E-state index in [-0.39, 0.29) is 11.8 Å². The van der Waals surface area contributed by atoms with Crippen LogP contribution in [0.2, 0.25) is 0 Å². The fourth-order valence-electron chi connectivity index (χ4n) is 4.36. The fraction of sp³-hybridized carbons (Fsp3) is 0.522. The Morgan fingerprint density at radius 2 is 1.62 bits per heavy atom. The van der Waals surface area contributed by atoms with Gasteiger partial charge in [-0.25, -0.2) is 0 Å². The third kappa shape index (κ3) is 4.42. The monoisotopic (exact) mass is 394 g/mol. The Hall–Kier alpha value is -2.47. The number of benzene rings is 1. The lowest BCUT2D eigenvalue weighted by Crippen LogP contribution is -2.52. The standard InChI is InChI=1S/C23H30N4O2/c1-17-6-7-21-19(14-17)20(15-18(2)24-21)23(29)27-12-10-25(11-13-27)16-22(28)26-8-4-3-5-9-26/h6-7,14-15H,3-5,8-13,16H2,1-2H3. The summed E-state index contributed by atoms with van der Waals surface area (Å²) in [5.74, 6) is 0.295. The SMILES string of the molecule is Cc1ccc2nc(C)cc(C(=O)N3CCN(CC(=O)N4CCCCC4)CC3)c2c1. The van der Waals surface area contributed by atoms with Gasteiger partial charge in [0.25, 0.3) is 5.91 Å². The van der Waals surface area contributed by atoms with Crippen LogP contribution in [0.25, 0.3) is 10.9 Å². The van der Waals surface area contributed by atoms with Gasteiger partial charge in [-0.3, -0.25) is 19.5 Å². The summed E-state index contributed by atoms with van der Waals surface area (Å²) in [6.07, 6.45) is 3.47. The summed E-state index contributed by atoms with van der Waals surface area (Å²) in [4.78, 5) is 36.4. The Morgan fingerprint density at radius 1 is 0.897 bits per heavy atom. The van der Waals surface area contributed by atoms with E-state index in [4.69, 9.17) is 0 Å². The Labute approximate surface area is 172 Å². The molecule has 6 heteroatoms. The highest BCUT2D eigenvalue weighted by atomic mass is 16.2. The zero-order chi connectivity index (χ0) is 20.4. The number of hydrogen-bond acceptors (Lipinski definition) is 4. The summed E-state index contributed by atoms with van der Waals surface area (Å²) in [5, 5.41) is 0.920. The smallest absolute Gasteiger partial charge is 0.254 e. The minimum absolute atomic E-state index is 0.0631. The third-order valence-electron chi connectivity index (χ3n) is 6.05. The normalized spacial score (nSPS) is 18.3. The van der Waals surface area contributed by atoms with Gasteiger partial charge in [0.15, 0.2) is 0 Å². The van der Waals surface area contributed by atoms with Crippen molar-refractivity contribution in [3.05, 3.63) is 41.1 Å². The van der Waals surface area contributed by atoms with Crippen molar-refractivity contribution in [1.82, 2.24) is 19.7 Å². The van der Waals surface area contributed by atoms with E-state index in [0.29, 0.717) is 19.6 Å². The van der Waals surface area contributed by atoms with Crippen LogP contribution in [0.4, 0.5) is 0 Å². The van der Waals surface area contributed by atoms with Crippen molar-refractivity contribution in [2.45, 2.75) is 33.1 Å². The van der Waals surface area contributed by atoms with Crippen LogP contribution >= 0.6 is 0 Å². The highest BCUT2D eigenvalue weighted by Crippen LogP contribution is 2.22. The Bertz CT molecular complexity index is 912. The topological polar surface area (TPSA) is 56.8 Å². The van der Waals surface area contributed by atoms with Crippen LogP contribution in [-0.4, -0.2) is 77.3 Å². The predicted octanol–water partition coefficient (Wildman–Crippen LogP) is 2.62. The zero-order valence-corrected chi connectivity index (χ0v) is 17.5. The lowest BCUT2D eigenvalue weighted by molar-refractivity contribution is -0.133. The number of pyridine rings is 1. The second kappa shape index (κ2) is 8.49. The second-order valence-corrected chi connectivity index (χ2v) is 8.34. The van der Waals surface area contributed by atoms with Gasteiger partial charge in [0, 0.05) is 50.3 Å². The van der Waals surface area contributed by atoms with Crippen LogP contribution < -0.4 is 0 Å². The molecule has 2 aliphatic rings. The van der Waals surface area contributed by atoms with Gasteiger partial charge in [0.1, 0.15) is 0 Å². The number of carbonyl (C=O) groups is 2. The lowest BCUT2D eigenvalue weighted by atomic mass is 10.0. The maximum absolute atomic E-state index is 13.3. The summed E-state index contributed by atoms with van der Waals surface area (Å²) < 4.78 is 0. The molecule has 2 saturated heterocycles. The van der Waals surface area contributed by atoms with Gasteiger partial charge in [-0.1, -0.05) is 11.6 Å². The number of amides is 2. The molecule has 2 aromatic rings. The van der Waals surface area contributed by atoms with Gasteiger partial charge in [-0.05, 0) is 51.3 Å². The van der Waals surface area contributed by atoms with E-state index in [9.17, 15) is 9.59 Å². The van der Waals surface area contributed by atoms with Gasteiger partial charge in [0.2, 0.25) is 5.91 Å². The number of likely N-dealkylation sites (tertiary alicyclic amines) is 1. The molecular weight excluding hydrogens is 364 g/mol. The molecule has 0 bridgehead atoms. The first kappa shape index (κ1) is 19.8. The highest BCUT2D eigenvalue weighted by molar-refractivity contribution is 6.06. The molecule has 0 radical (unpaired) electrons. The predicted molar refractivity (Wildman–Crippen MR) is 114 cm³/mol. The summed E-state index contributed by atoms with van der Waals surface area (Å²) >= 11 is 0. The zero-order valence-electron chi connectivity index (χ0n) is 17.5. The molecule has 2 amide bonds. The molecule has 6 nitrogen and oxygen atoms in total. The number of carbonyl (C=O) groups excluding carboxylic acids is 2. The van der Waals surface area contributed by atoms with Crippen molar-refractivity contribution in [3.63, 3.8) is 0 Å². The van der Waals surface area contributed by atoms with Gasteiger partial charge in [0.05, 0.1) is 17.6 Å². The summed E-state index contributed by atoms with van der Waals surface area (Å²) in [6, 6.07) is 7.96. The number of hydrogen-bond donors (Lipinski definition) is 0. The fourth-order valence-corrected chi connectivity index (χ4v) is 4.36. The van der Waals surface area contributed by atoms with Crippen LogP contribution in [0.5, 0.6) is 0 Å². The number of fused-ring (bicyclic) bond motifs is 1. The van der Waals surface area contributed by atoms with Crippen LogP contribution in [0, 0.1) is 13.8 Å². The molecular formula is C23H30N4O2. The molecule has 0 saturated carbocycles. The van der Waals surface area contributed by atoms with Crippen molar-refractivity contribution in [3.8, 4) is 0 Å². The third-order valence-corrected chi connectivity index (χ3v) is 6.05. The average Bonchev–Trinajstić information content (AvgIpc) is 2.74. The van der Waals surface area contributed by atoms with Crippen LogP contribution in [0.15, 0.2) is 24.3 Å². The summed E-state index contributed by atoms with van der Waals surface area (Å²) in [6.45, 7) is 9.01. The largest absolute Gasteiger partial charge is 0.342 e. The number of rotatable bonds is 3. The van der Waals surface area contributed by atoms with Crippen LogP contribution in [0.1, 0.15) is 40.9 Å². The number of nitrogens with zero attached hydrogens (tertiary/aromatic N) is 4.